The minimum Gasteiger partial charge on any atom is -0.353 e. The predicted molar refractivity (Wildman–Crippen MR) is 78.3 cm³/mol. The molecule has 0 aliphatic rings. The summed E-state index contributed by atoms with van der Waals surface area (Å²) in [7, 11) is 0. The van der Waals surface area contributed by atoms with Crippen molar-refractivity contribution in [1.29, 1.82) is 0 Å². The Bertz CT molecular complexity index is 666. The number of hydrogen-bond donors (Lipinski definition) is 3. The van der Waals surface area contributed by atoms with Crippen molar-refractivity contribution in [3.8, 4) is 0 Å². The van der Waals surface area contributed by atoms with Gasteiger partial charge in [0.05, 0.1) is 16.3 Å². The maximum absolute atomic E-state index is 13.7. The van der Waals surface area contributed by atoms with E-state index in [9.17, 15) is 14.5 Å². The molecule has 0 aliphatic carbocycles. The second-order valence-corrected chi connectivity index (χ2v) is 4.83. The highest BCUT2D eigenvalue weighted by Crippen LogP contribution is 2.28. The van der Waals surface area contributed by atoms with Crippen LogP contribution in [-0.4, -0.2) is 4.92 Å². The SMILES string of the molecule is NNc1cc(Nc2ccc(Br)cc2F)cc([N+](=O)[O-])c1. The first kappa shape index (κ1) is 14.2. The number of nitrogens with zero attached hydrogens (tertiary/aromatic N) is 1. The number of non-ortho nitro benzene ring substituents is 1. The van der Waals surface area contributed by atoms with E-state index in [1.807, 2.05) is 0 Å². The highest BCUT2D eigenvalue weighted by molar-refractivity contribution is 9.10. The van der Waals surface area contributed by atoms with Gasteiger partial charge in [-0.05, 0) is 24.3 Å². The second kappa shape index (κ2) is 5.85. The van der Waals surface area contributed by atoms with Gasteiger partial charge in [-0.15, -0.1) is 0 Å². The van der Waals surface area contributed by atoms with Crippen LogP contribution in [0.2, 0.25) is 0 Å². The molecule has 0 saturated carbocycles. The van der Waals surface area contributed by atoms with Crippen LogP contribution in [0, 0.1) is 15.9 Å². The summed E-state index contributed by atoms with van der Waals surface area (Å²) >= 11 is 3.15. The van der Waals surface area contributed by atoms with Gasteiger partial charge in [-0.2, -0.15) is 0 Å². The van der Waals surface area contributed by atoms with Crippen molar-refractivity contribution in [2.24, 2.45) is 5.84 Å². The molecule has 2 aromatic carbocycles. The Kier molecular flexibility index (Phi) is 4.16. The van der Waals surface area contributed by atoms with Crippen LogP contribution in [0.3, 0.4) is 0 Å². The summed E-state index contributed by atoms with van der Waals surface area (Å²) in [4.78, 5) is 10.3. The molecule has 0 amide bonds. The van der Waals surface area contributed by atoms with Gasteiger partial charge >= 0.3 is 0 Å². The zero-order valence-corrected chi connectivity index (χ0v) is 11.6. The predicted octanol–water partition coefficient (Wildman–Crippen LogP) is 3.53. The average Bonchev–Trinajstić information content (AvgIpc) is 2.41. The van der Waals surface area contributed by atoms with Crippen molar-refractivity contribution in [2.45, 2.75) is 0 Å². The molecule has 0 saturated heterocycles. The van der Waals surface area contributed by atoms with Gasteiger partial charge in [-0.1, -0.05) is 15.9 Å². The highest BCUT2D eigenvalue weighted by Gasteiger charge is 2.11. The minimum absolute atomic E-state index is 0.152. The number of nitrogen functional groups attached to an aromatic ring is 1. The van der Waals surface area contributed by atoms with Gasteiger partial charge < -0.3 is 10.7 Å². The maximum Gasteiger partial charge on any atom is 0.273 e. The molecule has 6 nitrogen and oxygen atoms in total. The standard InChI is InChI=1S/C12H10BrFN4O2/c13-7-1-2-12(11(14)3-7)16-8-4-9(17-15)6-10(5-8)18(19)20/h1-6,16-17H,15H2. The van der Waals surface area contributed by atoms with Crippen LogP contribution in [0.15, 0.2) is 40.9 Å². The number of hydrogen-bond acceptors (Lipinski definition) is 5. The molecule has 0 aliphatic heterocycles. The zero-order valence-electron chi connectivity index (χ0n) is 10.1. The molecule has 0 atom stereocenters. The van der Waals surface area contributed by atoms with Crippen molar-refractivity contribution < 1.29 is 9.31 Å². The third-order valence-electron chi connectivity index (χ3n) is 2.51. The highest BCUT2D eigenvalue weighted by atomic mass is 79.9. The van der Waals surface area contributed by atoms with Crippen LogP contribution in [0.4, 0.5) is 27.1 Å². The molecule has 0 radical (unpaired) electrons. The van der Waals surface area contributed by atoms with E-state index in [1.54, 1.807) is 6.07 Å². The lowest BCUT2D eigenvalue weighted by atomic mass is 10.2. The fraction of sp³-hybridized carbons (Fsp3) is 0. The molecular weight excluding hydrogens is 331 g/mol. The molecule has 2 aromatic rings. The molecule has 4 N–H and O–H groups in total. The fourth-order valence-electron chi connectivity index (χ4n) is 1.62. The first-order valence-electron chi connectivity index (χ1n) is 5.48. The molecular formula is C12H10BrFN4O2. The summed E-state index contributed by atoms with van der Waals surface area (Å²) in [6.45, 7) is 0. The summed E-state index contributed by atoms with van der Waals surface area (Å²) < 4.78 is 14.3. The Hall–Kier alpha value is -2.19. The molecule has 0 unspecified atom stereocenters. The molecule has 0 fully saturated rings. The first-order chi connectivity index (χ1) is 9.49. The Morgan fingerprint density at radius 1 is 1.20 bits per heavy atom. The smallest absolute Gasteiger partial charge is 0.273 e. The van der Waals surface area contributed by atoms with E-state index in [2.05, 4.69) is 26.7 Å². The van der Waals surface area contributed by atoms with Crippen molar-refractivity contribution in [3.05, 3.63) is 56.8 Å². The molecule has 104 valence electrons. The first-order valence-corrected chi connectivity index (χ1v) is 6.27. The van der Waals surface area contributed by atoms with E-state index in [4.69, 9.17) is 5.84 Å². The largest absolute Gasteiger partial charge is 0.353 e. The van der Waals surface area contributed by atoms with Crippen molar-refractivity contribution in [1.82, 2.24) is 0 Å². The van der Waals surface area contributed by atoms with Crippen LogP contribution >= 0.6 is 15.9 Å². The van der Waals surface area contributed by atoms with Crippen molar-refractivity contribution in [2.75, 3.05) is 10.7 Å². The Morgan fingerprint density at radius 2 is 1.90 bits per heavy atom. The fourth-order valence-corrected chi connectivity index (χ4v) is 1.95. The number of benzene rings is 2. The lowest BCUT2D eigenvalue weighted by molar-refractivity contribution is -0.384. The summed E-state index contributed by atoms with van der Waals surface area (Å²) in [6.07, 6.45) is 0. The number of nitrogens with two attached hydrogens (primary N) is 1. The lowest BCUT2D eigenvalue weighted by Crippen LogP contribution is -2.07. The van der Waals surface area contributed by atoms with Gasteiger partial charge in [0, 0.05) is 22.3 Å². The number of halogens is 2. The molecule has 20 heavy (non-hydrogen) atoms. The zero-order chi connectivity index (χ0) is 14.7. The monoisotopic (exact) mass is 340 g/mol. The van der Waals surface area contributed by atoms with Gasteiger partial charge in [0.25, 0.3) is 5.69 Å². The molecule has 0 bridgehead atoms. The third kappa shape index (κ3) is 3.22. The molecule has 0 heterocycles. The summed E-state index contributed by atoms with van der Waals surface area (Å²) in [5.74, 6) is 4.77. The number of nitrogens with one attached hydrogen (secondary N) is 2. The van der Waals surface area contributed by atoms with Crippen LogP contribution < -0.4 is 16.6 Å². The molecule has 0 aromatic heterocycles. The third-order valence-corrected chi connectivity index (χ3v) is 3.00. The van der Waals surface area contributed by atoms with E-state index in [1.165, 1.54) is 30.3 Å². The molecule has 8 heteroatoms. The van der Waals surface area contributed by atoms with Crippen LogP contribution in [0.1, 0.15) is 0 Å². The van der Waals surface area contributed by atoms with Gasteiger partial charge in [-0.3, -0.25) is 16.0 Å². The van der Waals surface area contributed by atoms with Gasteiger partial charge in [0.1, 0.15) is 5.82 Å². The summed E-state index contributed by atoms with van der Waals surface area (Å²) in [5, 5.41) is 13.6. The Morgan fingerprint density at radius 3 is 2.50 bits per heavy atom. The number of nitro groups is 1. The Labute approximate surface area is 122 Å². The topological polar surface area (TPSA) is 93.2 Å². The Balaban J connectivity index is 2.37. The number of hydrazine groups is 1. The van der Waals surface area contributed by atoms with E-state index in [0.29, 0.717) is 15.8 Å². The number of anilines is 3. The summed E-state index contributed by atoms with van der Waals surface area (Å²) in [6, 6.07) is 8.58. The molecule has 2 rings (SSSR count). The van der Waals surface area contributed by atoms with Crippen molar-refractivity contribution in [3.63, 3.8) is 0 Å². The van der Waals surface area contributed by atoms with E-state index >= 15 is 0 Å². The molecule has 0 spiro atoms. The van der Waals surface area contributed by atoms with E-state index < -0.39 is 10.7 Å². The van der Waals surface area contributed by atoms with Gasteiger partial charge in [0.15, 0.2) is 0 Å². The van der Waals surface area contributed by atoms with Crippen molar-refractivity contribution >= 4 is 38.7 Å². The quantitative estimate of drug-likeness (QED) is 0.449. The number of nitro benzene ring substituents is 1. The van der Waals surface area contributed by atoms with Gasteiger partial charge in [-0.25, -0.2) is 4.39 Å². The van der Waals surface area contributed by atoms with Crippen LogP contribution in [-0.2, 0) is 0 Å². The maximum atomic E-state index is 13.7. The average molecular weight is 341 g/mol. The van der Waals surface area contributed by atoms with E-state index in [0.717, 1.165) is 0 Å². The van der Waals surface area contributed by atoms with Crippen LogP contribution in [0.25, 0.3) is 0 Å². The number of rotatable bonds is 4. The summed E-state index contributed by atoms with van der Waals surface area (Å²) in [5.41, 5.74) is 3.08. The minimum atomic E-state index is -0.552. The lowest BCUT2D eigenvalue weighted by Gasteiger charge is -2.09. The van der Waals surface area contributed by atoms with Crippen LogP contribution in [0.5, 0.6) is 0 Å². The normalized spacial score (nSPS) is 10.2. The second-order valence-electron chi connectivity index (χ2n) is 3.92. The van der Waals surface area contributed by atoms with E-state index in [-0.39, 0.29) is 11.4 Å². The van der Waals surface area contributed by atoms with Gasteiger partial charge in [0.2, 0.25) is 0 Å².